The van der Waals surface area contributed by atoms with Crippen molar-refractivity contribution in [2.75, 3.05) is 0 Å². The van der Waals surface area contributed by atoms with E-state index in [-0.39, 0.29) is 50.7 Å². The van der Waals surface area contributed by atoms with Crippen LogP contribution >= 0.6 is 0 Å². The van der Waals surface area contributed by atoms with Crippen LogP contribution in [0.5, 0.6) is 0 Å². The topological polar surface area (TPSA) is 0 Å². The normalized spacial score (nSPS) is 18.7. The van der Waals surface area contributed by atoms with Crippen LogP contribution in [0.25, 0.3) is 0 Å². The van der Waals surface area contributed by atoms with E-state index in [1.165, 1.54) is 48.1 Å². The van der Waals surface area contributed by atoms with Gasteiger partial charge >= 0.3 is 25.8 Å². The molecule has 5 heteroatoms. The van der Waals surface area contributed by atoms with E-state index in [0.717, 1.165) is 0 Å². The number of rotatable bonds is 2. The van der Waals surface area contributed by atoms with Crippen LogP contribution < -0.4 is 35.2 Å². The van der Waals surface area contributed by atoms with Crippen molar-refractivity contribution in [3.8, 4) is 0 Å². The maximum Gasteiger partial charge on any atom is 4.00 e. The van der Waals surface area contributed by atoms with Gasteiger partial charge in [-0.05, 0) is 0 Å². The van der Waals surface area contributed by atoms with Gasteiger partial charge in [0.05, 0.1) is 0 Å². The first kappa shape index (κ1) is 25.6. The molecule has 2 aromatic carbocycles. The van der Waals surface area contributed by atoms with Gasteiger partial charge in [-0.3, -0.25) is 0 Å². The van der Waals surface area contributed by atoms with Crippen LogP contribution in [0.1, 0.15) is 24.0 Å². The zero-order valence-corrected chi connectivity index (χ0v) is 23.1. The number of halogens is 2. The molecule has 4 rings (SSSR count). The van der Waals surface area contributed by atoms with Gasteiger partial charge in [-0.15, -0.1) is 0 Å². The summed E-state index contributed by atoms with van der Waals surface area (Å²) in [6.07, 6.45) is 2.96. The van der Waals surface area contributed by atoms with E-state index in [2.05, 4.69) is 63.3 Å². The van der Waals surface area contributed by atoms with Crippen LogP contribution in [0.2, 0.25) is 37.3 Å². The van der Waals surface area contributed by atoms with Crippen LogP contribution in [0, 0.1) is 13.8 Å². The minimum atomic E-state index is -0.852. The van der Waals surface area contributed by atoms with E-state index in [4.69, 9.17) is 0 Å². The first-order valence-electron chi connectivity index (χ1n) is 8.89. The summed E-state index contributed by atoms with van der Waals surface area (Å²) in [5, 5.41) is 3.39. The molecule has 2 saturated heterocycles. The summed E-state index contributed by atoms with van der Waals surface area (Å²) in [6, 6.07) is 20.1. The summed E-state index contributed by atoms with van der Waals surface area (Å²) < 4.78 is 0. The van der Waals surface area contributed by atoms with Crippen molar-refractivity contribution in [1.82, 2.24) is 0 Å². The number of aryl methyl sites for hydroxylation is 2. The Labute approximate surface area is 187 Å². The minimum Gasteiger partial charge on any atom is -1.00 e. The molecule has 0 radical (unpaired) electrons. The Kier molecular flexibility index (Phi) is 10.5. The van der Waals surface area contributed by atoms with E-state index >= 15 is 0 Å². The summed E-state index contributed by atoms with van der Waals surface area (Å²) >= 11 is 0. The monoisotopic (exact) mass is 576 g/mol. The molecule has 0 unspecified atom stereocenters. The molecule has 2 aliphatic heterocycles. The third kappa shape index (κ3) is 5.78. The molecule has 2 aromatic rings. The van der Waals surface area contributed by atoms with Gasteiger partial charge < -0.3 is 24.8 Å². The molecule has 0 amide bonds. The van der Waals surface area contributed by atoms with Gasteiger partial charge in [0, 0.05) is 16.1 Å². The van der Waals surface area contributed by atoms with Crippen molar-refractivity contribution < 1.29 is 50.7 Å². The predicted molar refractivity (Wildman–Crippen MR) is 105 cm³/mol. The zero-order valence-electron chi connectivity index (χ0n) is 16.0. The van der Waals surface area contributed by atoms with E-state index in [1.807, 2.05) is 0 Å². The van der Waals surface area contributed by atoms with Crippen LogP contribution in [0.3, 0.4) is 0 Å². The third-order valence-corrected chi connectivity index (χ3v) is 15.4. The molecule has 25 heavy (non-hydrogen) atoms. The Morgan fingerprint density at radius 3 is 1.20 bits per heavy atom. The number of hydrogen-bond acceptors (Lipinski definition) is 0. The fourth-order valence-electron chi connectivity index (χ4n) is 3.87. The largest absolute Gasteiger partial charge is 4.00 e. The molecule has 2 aliphatic rings. The molecule has 0 aliphatic carbocycles. The fourth-order valence-corrected chi connectivity index (χ4v) is 9.97. The van der Waals surface area contributed by atoms with E-state index in [9.17, 15) is 0 Å². The van der Waals surface area contributed by atoms with E-state index in [0.29, 0.717) is 0 Å². The second-order valence-electron chi connectivity index (χ2n) is 8.18. The smallest absolute Gasteiger partial charge is 1.00 e. The van der Waals surface area contributed by atoms with Crippen molar-refractivity contribution >= 4 is 26.5 Å². The third-order valence-electron chi connectivity index (χ3n) is 6.13. The molecule has 0 nitrogen and oxygen atoms in total. The first-order valence-corrected chi connectivity index (χ1v) is 14.7. The quantitative estimate of drug-likeness (QED) is 0.312. The molecule has 2 heterocycles. The standard InChI is InChI=1S/2C10H15Si.2ClH.Hf/c2*1-9-4-5-10(8-9)11(2)6-3-7-11;;;/h2*4-5,8H,3,6-7H2,1-2H3;2*1H;/q2*-1;;;+4/p-2. The van der Waals surface area contributed by atoms with Gasteiger partial charge in [0.15, 0.2) is 0 Å². The van der Waals surface area contributed by atoms with Crippen LogP contribution in [0.15, 0.2) is 36.4 Å². The molecule has 0 saturated carbocycles. The summed E-state index contributed by atoms with van der Waals surface area (Å²) in [4.78, 5) is 0. The average molecular weight is 576 g/mol. The van der Waals surface area contributed by atoms with Crippen LogP contribution in [0.4, 0.5) is 0 Å². The molecular formula is C20H30Cl2HfSi2. The van der Waals surface area contributed by atoms with Crippen LogP contribution in [-0.4, -0.2) is 16.1 Å². The molecule has 136 valence electrons. The molecular weight excluding hydrogens is 546 g/mol. The maximum atomic E-state index is 2.52. The second-order valence-corrected chi connectivity index (χ2v) is 17.6. The Hall–Kier alpha value is 0.584. The van der Waals surface area contributed by atoms with Gasteiger partial charge in [0.25, 0.3) is 0 Å². The Morgan fingerprint density at radius 2 is 1.04 bits per heavy atom. The molecule has 0 atom stereocenters. The van der Waals surface area contributed by atoms with E-state index in [1.54, 1.807) is 10.4 Å². The van der Waals surface area contributed by atoms with Crippen molar-refractivity contribution in [1.29, 1.82) is 0 Å². The van der Waals surface area contributed by atoms with Gasteiger partial charge in [-0.2, -0.15) is 35.4 Å². The van der Waals surface area contributed by atoms with Crippen molar-refractivity contribution in [3.05, 3.63) is 47.5 Å². The Bertz CT molecular complexity index is 583. The van der Waals surface area contributed by atoms with Gasteiger partial charge in [-0.25, -0.2) is 22.5 Å². The number of hydrogen-bond donors (Lipinski definition) is 0. The Balaban J connectivity index is 0.000000411. The van der Waals surface area contributed by atoms with Crippen LogP contribution in [-0.2, 0) is 25.8 Å². The first-order chi connectivity index (χ1) is 10.4. The maximum absolute atomic E-state index is 2.52. The van der Waals surface area contributed by atoms with Gasteiger partial charge in [0.1, 0.15) is 0 Å². The molecule has 2 fully saturated rings. The van der Waals surface area contributed by atoms with E-state index < -0.39 is 16.1 Å². The van der Waals surface area contributed by atoms with Crippen molar-refractivity contribution in [3.63, 3.8) is 0 Å². The summed E-state index contributed by atoms with van der Waals surface area (Å²) in [5.41, 5.74) is 2.89. The molecule has 0 bridgehead atoms. The second kappa shape index (κ2) is 10.2. The zero-order chi connectivity index (χ0) is 15.8. The predicted octanol–water partition coefficient (Wildman–Crippen LogP) is -1.19. The SMILES string of the molecule is C[c-]1ccc([Si]2(C)CCC2)c1.C[c-]1ccc([Si]2(C)CCC2)c1.[Cl-].[Cl-].[Hf+4]. The molecule has 0 N–H and O–H groups in total. The Morgan fingerprint density at radius 1 is 0.720 bits per heavy atom. The van der Waals surface area contributed by atoms with Crippen molar-refractivity contribution in [2.45, 2.75) is 64.0 Å². The fraction of sp³-hybridized carbons (Fsp3) is 0.500. The summed E-state index contributed by atoms with van der Waals surface area (Å²) in [6.45, 7) is 9.43. The molecule has 0 spiro atoms. The van der Waals surface area contributed by atoms with Gasteiger partial charge in [0.2, 0.25) is 0 Å². The minimum absolute atomic E-state index is 0. The summed E-state index contributed by atoms with van der Waals surface area (Å²) in [7, 11) is -1.70. The van der Waals surface area contributed by atoms with Gasteiger partial charge in [-0.1, -0.05) is 64.0 Å². The average Bonchev–Trinajstić information content (AvgIpc) is 3.03. The van der Waals surface area contributed by atoms with Crippen molar-refractivity contribution in [2.24, 2.45) is 0 Å². The molecule has 0 aromatic heterocycles. The summed E-state index contributed by atoms with van der Waals surface area (Å²) in [5.74, 6) is 0.